The molecule has 7 nitrogen and oxygen atoms in total. The van der Waals surface area contributed by atoms with Crippen LogP contribution in [0.15, 0.2) is 36.7 Å². The molecule has 0 saturated carbocycles. The molecular weight excluding hydrogens is 385 g/mol. The Morgan fingerprint density at radius 3 is 2.32 bits per heavy atom. The van der Waals surface area contributed by atoms with Crippen LogP contribution in [0.25, 0.3) is 0 Å². The zero-order chi connectivity index (χ0) is 19.1. The third-order valence-corrected chi connectivity index (χ3v) is 4.44. The van der Waals surface area contributed by atoms with Gasteiger partial charge < -0.3 is 16.0 Å². The van der Waals surface area contributed by atoms with E-state index < -0.39 is 11.8 Å². The van der Waals surface area contributed by atoms with Crippen LogP contribution < -0.4 is 16.0 Å². The number of hydrogen-bond donors (Lipinski definition) is 3. The van der Waals surface area contributed by atoms with Crippen LogP contribution in [0.1, 0.15) is 39.4 Å². The van der Waals surface area contributed by atoms with E-state index in [2.05, 4.69) is 25.9 Å². The lowest BCUT2D eigenvalue weighted by Crippen LogP contribution is -2.39. The average Bonchev–Trinajstić information content (AvgIpc) is 2.72. The van der Waals surface area contributed by atoms with E-state index in [1.807, 2.05) is 0 Å². The number of aromatic nitrogens is 2. The van der Waals surface area contributed by atoms with Crippen molar-refractivity contribution >= 4 is 24.2 Å². The maximum absolute atomic E-state index is 12.9. The number of amides is 2. The molecule has 3 rings (SSSR count). The first-order valence-electron chi connectivity index (χ1n) is 8.96. The minimum absolute atomic E-state index is 0. The largest absolute Gasteiger partial charge is 0.350 e. The number of rotatable bonds is 6. The van der Waals surface area contributed by atoms with Gasteiger partial charge in [-0.15, -0.1) is 12.4 Å². The van der Waals surface area contributed by atoms with Crippen molar-refractivity contribution in [2.75, 3.05) is 19.6 Å². The molecule has 1 aliphatic heterocycles. The van der Waals surface area contributed by atoms with Crippen molar-refractivity contribution in [1.82, 2.24) is 25.9 Å². The Hall–Kier alpha value is -2.58. The third kappa shape index (κ3) is 5.97. The minimum Gasteiger partial charge on any atom is -0.350 e. The van der Waals surface area contributed by atoms with Crippen molar-refractivity contribution in [2.24, 2.45) is 5.92 Å². The van der Waals surface area contributed by atoms with E-state index in [-0.39, 0.29) is 36.2 Å². The topological polar surface area (TPSA) is 96.0 Å². The average molecular weight is 408 g/mol. The summed E-state index contributed by atoms with van der Waals surface area (Å²) in [6.07, 6.45) is 4.89. The number of benzene rings is 1. The van der Waals surface area contributed by atoms with Gasteiger partial charge in [0.15, 0.2) is 11.4 Å². The molecule has 0 radical (unpaired) electrons. The predicted molar refractivity (Wildman–Crippen MR) is 105 cm³/mol. The summed E-state index contributed by atoms with van der Waals surface area (Å²) in [5.41, 5.74) is 0.709. The molecular formula is C19H23ClFN5O2. The van der Waals surface area contributed by atoms with Crippen molar-refractivity contribution in [2.45, 2.75) is 19.4 Å². The second-order valence-corrected chi connectivity index (χ2v) is 6.49. The Morgan fingerprint density at radius 2 is 1.71 bits per heavy atom. The highest BCUT2D eigenvalue weighted by Crippen LogP contribution is 2.09. The van der Waals surface area contributed by atoms with Gasteiger partial charge in [-0.25, -0.2) is 14.4 Å². The molecule has 1 atom stereocenters. The summed E-state index contributed by atoms with van der Waals surface area (Å²) in [6, 6.07) is 5.81. The Kier molecular flexibility index (Phi) is 8.28. The van der Waals surface area contributed by atoms with Gasteiger partial charge in [-0.05, 0) is 49.5 Å². The summed E-state index contributed by atoms with van der Waals surface area (Å²) in [4.78, 5) is 32.9. The molecule has 0 spiro atoms. The molecule has 2 aromatic rings. The second kappa shape index (κ2) is 10.7. The quantitative estimate of drug-likeness (QED) is 0.677. The number of nitrogens with one attached hydrogen (secondary N) is 3. The van der Waals surface area contributed by atoms with Crippen LogP contribution in [-0.4, -0.2) is 41.4 Å². The molecule has 1 aromatic carbocycles. The summed E-state index contributed by atoms with van der Waals surface area (Å²) >= 11 is 0. The zero-order valence-corrected chi connectivity index (χ0v) is 16.1. The number of carbonyl (C=O) groups is 2. The van der Waals surface area contributed by atoms with E-state index in [1.165, 1.54) is 24.5 Å². The van der Waals surface area contributed by atoms with Gasteiger partial charge in [0.2, 0.25) is 0 Å². The lowest BCUT2D eigenvalue weighted by molar-refractivity contribution is 0.0905. The molecule has 3 N–H and O–H groups in total. The van der Waals surface area contributed by atoms with Crippen molar-refractivity contribution in [3.05, 3.63) is 59.4 Å². The smallest absolute Gasteiger partial charge is 0.272 e. The Balaban J connectivity index is 0.00000280. The monoisotopic (exact) mass is 407 g/mol. The lowest BCUT2D eigenvalue weighted by Gasteiger charge is -2.22. The van der Waals surface area contributed by atoms with Gasteiger partial charge in [0.25, 0.3) is 11.8 Å². The third-order valence-electron chi connectivity index (χ3n) is 4.44. The SMILES string of the molecule is Cl.O=C(NCc1ccc(F)cc1)c1nccnc1C(=O)NCC1CCCNC1. The lowest BCUT2D eigenvalue weighted by atomic mass is 10.00. The normalized spacial score (nSPS) is 16.0. The molecule has 0 bridgehead atoms. The molecule has 28 heavy (non-hydrogen) atoms. The van der Waals surface area contributed by atoms with Gasteiger partial charge in [0, 0.05) is 25.5 Å². The van der Waals surface area contributed by atoms with Crippen LogP contribution in [0.2, 0.25) is 0 Å². The highest BCUT2D eigenvalue weighted by molar-refractivity contribution is 6.04. The fourth-order valence-corrected chi connectivity index (χ4v) is 2.96. The van der Waals surface area contributed by atoms with Crippen LogP contribution in [0.5, 0.6) is 0 Å². The first-order chi connectivity index (χ1) is 13.1. The number of nitrogens with zero attached hydrogens (tertiary/aromatic N) is 2. The fraction of sp³-hybridized carbons (Fsp3) is 0.368. The van der Waals surface area contributed by atoms with Crippen LogP contribution in [0.3, 0.4) is 0 Å². The first-order valence-corrected chi connectivity index (χ1v) is 8.96. The summed E-state index contributed by atoms with van der Waals surface area (Å²) in [7, 11) is 0. The van der Waals surface area contributed by atoms with Gasteiger partial charge in [-0.2, -0.15) is 0 Å². The Labute approximate surface area is 168 Å². The van der Waals surface area contributed by atoms with Gasteiger partial charge in [0.05, 0.1) is 0 Å². The molecule has 1 aromatic heterocycles. The molecule has 1 aliphatic rings. The van der Waals surface area contributed by atoms with Gasteiger partial charge in [-0.1, -0.05) is 12.1 Å². The number of piperidine rings is 1. The summed E-state index contributed by atoms with van der Waals surface area (Å²) in [5, 5.41) is 8.82. The summed E-state index contributed by atoms with van der Waals surface area (Å²) in [5.74, 6) is -0.890. The van der Waals surface area contributed by atoms with Crippen LogP contribution in [0, 0.1) is 11.7 Å². The maximum Gasteiger partial charge on any atom is 0.272 e. The molecule has 9 heteroatoms. The van der Waals surface area contributed by atoms with Crippen LogP contribution >= 0.6 is 12.4 Å². The van der Waals surface area contributed by atoms with Crippen molar-refractivity contribution in [1.29, 1.82) is 0 Å². The van der Waals surface area contributed by atoms with E-state index in [4.69, 9.17) is 0 Å². The molecule has 1 unspecified atom stereocenters. The molecule has 1 fully saturated rings. The highest BCUT2D eigenvalue weighted by Gasteiger charge is 2.21. The van der Waals surface area contributed by atoms with Crippen LogP contribution in [0.4, 0.5) is 4.39 Å². The fourth-order valence-electron chi connectivity index (χ4n) is 2.96. The molecule has 150 valence electrons. The van der Waals surface area contributed by atoms with Crippen molar-refractivity contribution < 1.29 is 14.0 Å². The van der Waals surface area contributed by atoms with Gasteiger partial charge in [0.1, 0.15) is 5.82 Å². The molecule has 0 aliphatic carbocycles. The van der Waals surface area contributed by atoms with E-state index >= 15 is 0 Å². The number of halogens is 2. The van der Waals surface area contributed by atoms with E-state index in [0.717, 1.165) is 31.5 Å². The minimum atomic E-state index is -0.503. The Bertz CT molecular complexity index is 797. The first kappa shape index (κ1) is 21.7. The molecule has 2 amide bonds. The molecule has 2 heterocycles. The van der Waals surface area contributed by atoms with E-state index in [0.29, 0.717) is 12.5 Å². The van der Waals surface area contributed by atoms with Crippen molar-refractivity contribution in [3.8, 4) is 0 Å². The Morgan fingerprint density at radius 1 is 1.07 bits per heavy atom. The van der Waals surface area contributed by atoms with Gasteiger partial charge in [-0.3, -0.25) is 9.59 Å². The van der Waals surface area contributed by atoms with Crippen LogP contribution in [-0.2, 0) is 6.54 Å². The highest BCUT2D eigenvalue weighted by atomic mass is 35.5. The van der Waals surface area contributed by atoms with E-state index in [1.54, 1.807) is 12.1 Å². The zero-order valence-electron chi connectivity index (χ0n) is 15.3. The number of carbonyl (C=O) groups excluding carboxylic acids is 2. The standard InChI is InChI=1S/C19H22FN5O2.ClH/c20-15-5-3-13(4-6-15)11-24-18(26)16-17(23-9-8-22-16)19(27)25-12-14-2-1-7-21-10-14;/h3-6,8-9,14,21H,1-2,7,10-12H2,(H,24,26)(H,25,27);1H. The number of hydrogen-bond acceptors (Lipinski definition) is 5. The van der Waals surface area contributed by atoms with E-state index in [9.17, 15) is 14.0 Å². The predicted octanol–water partition coefficient (Wildman–Crippen LogP) is 1.70. The summed E-state index contributed by atoms with van der Waals surface area (Å²) in [6.45, 7) is 2.60. The summed E-state index contributed by atoms with van der Waals surface area (Å²) < 4.78 is 12.9. The second-order valence-electron chi connectivity index (χ2n) is 6.49. The maximum atomic E-state index is 12.9. The molecule has 1 saturated heterocycles. The van der Waals surface area contributed by atoms with Crippen molar-refractivity contribution in [3.63, 3.8) is 0 Å². The van der Waals surface area contributed by atoms with Gasteiger partial charge >= 0.3 is 0 Å².